The highest BCUT2D eigenvalue weighted by Gasteiger charge is 2.14. The fourth-order valence-corrected chi connectivity index (χ4v) is 2.19. The number of nitrogens with one attached hydrogen (secondary N) is 1. The molecule has 1 aromatic carbocycles. The molecule has 3 rings (SSSR count). The van der Waals surface area contributed by atoms with E-state index in [2.05, 4.69) is 30.9 Å². The van der Waals surface area contributed by atoms with Gasteiger partial charge in [-0.25, -0.2) is 9.97 Å². The van der Waals surface area contributed by atoms with E-state index in [1.54, 1.807) is 6.20 Å². The normalized spacial score (nSPS) is 13.1. The Morgan fingerprint density at radius 3 is 3.00 bits per heavy atom. The topological polar surface area (TPSA) is 80.7 Å². The van der Waals surface area contributed by atoms with Gasteiger partial charge in [-0.1, -0.05) is 6.07 Å². The van der Waals surface area contributed by atoms with Crippen molar-refractivity contribution in [3.05, 3.63) is 46.3 Å². The van der Waals surface area contributed by atoms with Crippen LogP contribution in [0.25, 0.3) is 11.1 Å². The number of hydrogen-bond acceptors (Lipinski definition) is 4. The quantitative estimate of drug-likeness (QED) is 0.762. The van der Waals surface area contributed by atoms with Crippen LogP contribution in [0.15, 0.2) is 33.4 Å². The van der Waals surface area contributed by atoms with E-state index in [4.69, 9.17) is 10.2 Å². The van der Waals surface area contributed by atoms with Crippen LogP contribution in [0.1, 0.15) is 23.3 Å². The molecule has 2 heterocycles. The van der Waals surface area contributed by atoms with Crippen molar-refractivity contribution in [1.29, 1.82) is 0 Å². The molecule has 5 nitrogen and oxygen atoms in total. The lowest BCUT2D eigenvalue weighted by Gasteiger charge is -2.08. The molecule has 3 aromatic rings. The van der Waals surface area contributed by atoms with Crippen LogP contribution in [0.2, 0.25) is 0 Å². The van der Waals surface area contributed by atoms with Gasteiger partial charge in [0.25, 0.3) is 0 Å². The highest BCUT2D eigenvalue weighted by Crippen LogP contribution is 2.23. The van der Waals surface area contributed by atoms with Crippen LogP contribution in [0.5, 0.6) is 0 Å². The van der Waals surface area contributed by atoms with Gasteiger partial charge in [0.1, 0.15) is 15.9 Å². The zero-order valence-corrected chi connectivity index (χ0v) is 11.2. The number of imidazole rings is 1. The van der Waals surface area contributed by atoms with E-state index >= 15 is 0 Å². The summed E-state index contributed by atoms with van der Waals surface area (Å²) in [6.45, 7) is 1.82. The largest absolute Gasteiger partial charge is 0.441 e. The van der Waals surface area contributed by atoms with Gasteiger partial charge < -0.3 is 15.1 Å². The highest BCUT2D eigenvalue weighted by atomic mass is 79.9. The average Bonchev–Trinajstić information content (AvgIpc) is 2.92. The number of nitrogens with zero attached hydrogens (tertiary/aromatic N) is 2. The third-order valence-electron chi connectivity index (χ3n) is 2.74. The molecule has 0 amide bonds. The highest BCUT2D eigenvalue weighted by molar-refractivity contribution is 9.10. The number of rotatable bonds is 2. The van der Waals surface area contributed by atoms with E-state index in [0.717, 1.165) is 21.3 Å². The lowest BCUT2D eigenvalue weighted by Crippen LogP contribution is -2.13. The fourth-order valence-electron chi connectivity index (χ4n) is 1.88. The lowest BCUT2D eigenvalue weighted by molar-refractivity contribution is 0.561. The molecule has 0 aliphatic rings. The van der Waals surface area contributed by atoms with Gasteiger partial charge in [0.2, 0.25) is 0 Å². The molecule has 1 unspecified atom stereocenters. The zero-order chi connectivity index (χ0) is 12.7. The maximum absolute atomic E-state index is 6.15. The second-order valence-corrected chi connectivity index (χ2v) is 4.91. The third-order valence-corrected chi connectivity index (χ3v) is 3.14. The fraction of sp³-hybridized carbons (Fsp3) is 0.167. The minimum absolute atomic E-state index is 0.308. The summed E-state index contributed by atoms with van der Waals surface area (Å²) in [4.78, 5) is 11.6. The number of oxazole rings is 1. The number of halogens is 1. The molecule has 0 aliphatic carbocycles. The van der Waals surface area contributed by atoms with E-state index in [0.29, 0.717) is 11.7 Å². The van der Waals surface area contributed by atoms with Crippen LogP contribution in [-0.2, 0) is 0 Å². The molecule has 18 heavy (non-hydrogen) atoms. The number of aromatic amines is 1. The maximum atomic E-state index is 6.15. The molecule has 0 saturated heterocycles. The first kappa shape index (κ1) is 11.4. The third kappa shape index (κ3) is 1.93. The number of fused-ring (bicyclic) bond motifs is 1. The minimum atomic E-state index is -0.308. The van der Waals surface area contributed by atoms with Gasteiger partial charge >= 0.3 is 0 Å². The summed E-state index contributed by atoms with van der Waals surface area (Å²) < 4.78 is 6.24. The molecule has 0 radical (unpaired) electrons. The van der Waals surface area contributed by atoms with Crippen LogP contribution in [0.3, 0.4) is 0 Å². The molecular weight excluding hydrogens is 296 g/mol. The van der Waals surface area contributed by atoms with Crippen molar-refractivity contribution < 1.29 is 4.42 Å². The molecule has 0 spiro atoms. The van der Waals surface area contributed by atoms with Crippen molar-refractivity contribution in [2.24, 2.45) is 5.73 Å². The first-order valence-corrected chi connectivity index (χ1v) is 6.26. The van der Waals surface area contributed by atoms with Gasteiger partial charge in [-0.2, -0.15) is 0 Å². The summed E-state index contributed by atoms with van der Waals surface area (Å²) in [5, 5.41) is 0. The number of nitrogens with two attached hydrogens (primary N) is 1. The number of hydrogen-bond donors (Lipinski definition) is 2. The molecular formula is C12H11BrN4O. The van der Waals surface area contributed by atoms with Crippen molar-refractivity contribution in [2.75, 3.05) is 0 Å². The lowest BCUT2D eigenvalue weighted by atomic mass is 10.1. The Morgan fingerprint density at radius 2 is 2.28 bits per heavy atom. The zero-order valence-electron chi connectivity index (χ0n) is 9.64. The van der Waals surface area contributed by atoms with Crippen LogP contribution in [-0.4, -0.2) is 15.0 Å². The molecule has 0 saturated carbocycles. The smallest absolute Gasteiger partial charge is 0.192 e. The summed E-state index contributed by atoms with van der Waals surface area (Å²) in [5.74, 6) is 1.36. The van der Waals surface area contributed by atoms with E-state index in [1.165, 1.54) is 0 Å². The molecule has 1 atom stereocenters. The Labute approximate surface area is 112 Å². The van der Waals surface area contributed by atoms with Gasteiger partial charge in [0, 0.05) is 6.92 Å². The van der Waals surface area contributed by atoms with E-state index in [-0.39, 0.29) is 6.04 Å². The number of aromatic nitrogens is 3. The Bertz CT molecular complexity index is 703. The molecule has 92 valence electrons. The maximum Gasteiger partial charge on any atom is 0.192 e. The Kier molecular flexibility index (Phi) is 2.68. The van der Waals surface area contributed by atoms with Crippen LogP contribution < -0.4 is 5.73 Å². The Hall–Kier alpha value is -1.66. The van der Waals surface area contributed by atoms with Crippen molar-refractivity contribution in [3.63, 3.8) is 0 Å². The second-order valence-electron chi connectivity index (χ2n) is 4.05. The van der Waals surface area contributed by atoms with Crippen molar-refractivity contribution in [3.8, 4) is 0 Å². The number of H-pyrrole nitrogens is 1. The van der Waals surface area contributed by atoms with Crippen LogP contribution in [0, 0.1) is 6.92 Å². The predicted octanol–water partition coefficient (Wildman–Crippen LogP) is 2.67. The Morgan fingerprint density at radius 1 is 1.44 bits per heavy atom. The number of benzene rings is 1. The van der Waals surface area contributed by atoms with Gasteiger partial charge in [-0.05, 0) is 33.6 Å². The van der Waals surface area contributed by atoms with Crippen LogP contribution in [0.4, 0.5) is 0 Å². The molecule has 6 heteroatoms. The number of aryl methyl sites for hydroxylation is 1. The summed E-state index contributed by atoms with van der Waals surface area (Å²) in [6.07, 6.45) is 1.69. The standard InChI is InChI=1S/C12H11BrN4O/c1-6-16-8-4-7(2-3-9(8)18-6)11(14)12-15-5-10(13)17-12/h2-5,11H,14H2,1H3,(H,15,17). The first-order valence-electron chi connectivity index (χ1n) is 5.46. The summed E-state index contributed by atoms with van der Waals surface area (Å²) in [6, 6.07) is 5.42. The first-order chi connectivity index (χ1) is 8.63. The van der Waals surface area contributed by atoms with Crippen molar-refractivity contribution in [1.82, 2.24) is 15.0 Å². The second kappa shape index (κ2) is 4.22. The van der Waals surface area contributed by atoms with Crippen molar-refractivity contribution in [2.45, 2.75) is 13.0 Å². The van der Waals surface area contributed by atoms with E-state index in [1.807, 2.05) is 25.1 Å². The van der Waals surface area contributed by atoms with Crippen LogP contribution >= 0.6 is 15.9 Å². The summed E-state index contributed by atoms with van der Waals surface area (Å²) in [7, 11) is 0. The van der Waals surface area contributed by atoms with Gasteiger partial charge in [0.05, 0.1) is 12.2 Å². The van der Waals surface area contributed by atoms with Gasteiger partial charge in [0.15, 0.2) is 11.5 Å². The molecule has 0 aliphatic heterocycles. The average molecular weight is 307 g/mol. The van der Waals surface area contributed by atoms with Gasteiger partial charge in [-0.3, -0.25) is 0 Å². The summed E-state index contributed by atoms with van der Waals surface area (Å²) in [5.41, 5.74) is 8.68. The molecule has 0 bridgehead atoms. The summed E-state index contributed by atoms with van der Waals surface area (Å²) >= 11 is 3.32. The Balaban J connectivity index is 2.03. The van der Waals surface area contributed by atoms with Gasteiger partial charge in [-0.15, -0.1) is 0 Å². The molecule has 2 aromatic heterocycles. The van der Waals surface area contributed by atoms with Crippen molar-refractivity contribution >= 4 is 27.0 Å². The predicted molar refractivity (Wildman–Crippen MR) is 71.1 cm³/mol. The van der Waals surface area contributed by atoms with E-state index in [9.17, 15) is 0 Å². The molecule has 0 fully saturated rings. The minimum Gasteiger partial charge on any atom is -0.441 e. The monoisotopic (exact) mass is 306 g/mol. The van der Waals surface area contributed by atoms with E-state index < -0.39 is 0 Å². The SMILES string of the molecule is Cc1nc2cc(C(N)c3ncc(Br)[nH]3)ccc2o1. The molecule has 3 N–H and O–H groups in total.